The number of nitro groups is 6. The highest BCUT2D eigenvalue weighted by atomic mass is 16.7. The van der Waals surface area contributed by atoms with Crippen LogP contribution in [-0.4, -0.2) is 52.8 Å². The molecule has 0 aliphatic heterocycles. The van der Waals surface area contributed by atoms with Gasteiger partial charge in [0.15, 0.2) is 0 Å². The van der Waals surface area contributed by atoms with Crippen molar-refractivity contribution in [3.05, 3.63) is 85.0 Å². The molecule has 0 aliphatic carbocycles. The van der Waals surface area contributed by atoms with Crippen LogP contribution < -0.4 is 11.5 Å². The number of benzene rings is 2. The van der Waals surface area contributed by atoms with Gasteiger partial charge in [-0.25, -0.2) is 0 Å². The van der Waals surface area contributed by atoms with Gasteiger partial charge in [0, 0.05) is 13.1 Å². The molecule has 2 aromatic rings. The minimum Gasteiger partial charge on any atom is -0.497 e. The first-order valence-electron chi connectivity index (χ1n) is 8.61. The first-order valence-corrected chi connectivity index (χ1v) is 8.61. The highest BCUT2D eigenvalue weighted by Crippen LogP contribution is 2.40. The number of phenolic OH excluding ortho intramolecular Hbond substituents is 2. The normalized spacial score (nSPS) is 9.50. The average molecular weight is 518 g/mol. The molecule has 0 heterocycles. The van der Waals surface area contributed by atoms with Gasteiger partial charge in [-0.2, -0.15) is 0 Å². The fourth-order valence-electron chi connectivity index (χ4n) is 1.95. The lowest BCUT2D eigenvalue weighted by Crippen LogP contribution is -2.11. The summed E-state index contributed by atoms with van der Waals surface area (Å²) in [6.45, 7) is 1.19. The molecule has 0 bridgehead atoms. The standard InChI is InChI=1S/2C6H3N3O7.C2H8N2/c2*10-6-4(8(13)14)1-3(7(11)12)2-5(6)9(15)16;3-1-2-4/h2*1-2,10H;1-4H2. The number of rotatable bonds is 7. The molecule has 194 valence electrons. The lowest BCUT2D eigenvalue weighted by Gasteiger charge is -1.97. The van der Waals surface area contributed by atoms with Crippen LogP contribution in [0, 0.1) is 60.7 Å². The quantitative estimate of drug-likeness (QED) is 0.294. The molecule has 0 fully saturated rings. The van der Waals surface area contributed by atoms with E-state index in [-0.39, 0.29) is 0 Å². The van der Waals surface area contributed by atoms with Crippen molar-refractivity contribution in [1.82, 2.24) is 0 Å². The predicted octanol–water partition coefficient (Wildman–Crippen LogP) is 1.14. The number of nitrogens with two attached hydrogens (primary N) is 2. The van der Waals surface area contributed by atoms with Crippen molar-refractivity contribution in [2.45, 2.75) is 0 Å². The Hall–Kier alpha value is -5.64. The zero-order valence-corrected chi connectivity index (χ0v) is 17.4. The molecule has 0 radical (unpaired) electrons. The average Bonchev–Trinajstić information content (AvgIpc) is 2.78. The molecular weight excluding hydrogens is 504 g/mol. The molecule has 0 saturated carbocycles. The van der Waals surface area contributed by atoms with Crippen molar-refractivity contribution in [2.24, 2.45) is 11.5 Å². The summed E-state index contributed by atoms with van der Waals surface area (Å²) >= 11 is 0. The number of hydrogen-bond acceptors (Lipinski definition) is 16. The third-order valence-corrected chi connectivity index (χ3v) is 3.48. The van der Waals surface area contributed by atoms with Crippen LogP contribution in [0.3, 0.4) is 0 Å². The Labute approximate surface area is 195 Å². The second-order valence-electron chi connectivity index (χ2n) is 5.79. The van der Waals surface area contributed by atoms with E-state index in [1.807, 2.05) is 0 Å². The number of nitro benzene ring substituents is 6. The highest BCUT2D eigenvalue weighted by Gasteiger charge is 2.31. The Morgan fingerprint density at radius 2 is 0.694 bits per heavy atom. The largest absolute Gasteiger partial charge is 0.497 e. The Morgan fingerprint density at radius 1 is 0.500 bits per heavy atom. The molecule has 36 heavy (non-hydrogen) atoms. The summed E-state index contributed by atoms with van der Waals surface area (Å²) in [5, 5.41) is 80.4. The number of non-ortho nitro benzene ring substituents is 2. The Kier molecular flexibility index (Phi) is 11.1. The van der Waals surface area contributed by atoms with Gasteiger partial charge in [0.1, 0.15) is 0 Å². The van der Waals surface area contributed by atoms with E-state index >= 15 is 0 Å². The van der Waals surface area contributed by atoms with Crippen molar-refractivity contribution in [3.8, 4) is 11.5 Å². The van der Waals surface area contributed by atoms with E-state index in [1.165, 1.54) is 0 Å². The summed E-state index contributed by atoms with van der Waals surface area (Å²) in [7, 11) is 0. The molecule has 0 spiro atoms. The van der Waals surface area contributed by atoms with Crippen molar-refractivity contribution in [2.75, 3.05) is 13.1 Å². The summed E-state index contributed by atoms with van der Waals surface area (Å²) in [6, 6.07) is 1.79. The lowest BCUT2D eigenvalue weighted by atomic mass is 10.2. The van der Waals surface area contributed by atoms with E-state index in [2.05, 4.69) is 0 Å². The van der Waals surface area contributed by atoms with E-state index in [0.717, 1.165) is 0 Å². The van der Waals surface area contributed by atoms with Gasteiger partial charge in [-0.05, 0) is 0 Å². The number of aromatic hydroxyl groups is 2. The minimum atomic E-state index is -1.21. The monoisotopic (exact) mass is 518 g/mol. The van der Waals surface area contributed by atoms with E-state index in [1.54, 1.807) is 0 Å². The second kappa shape index (κ2) is 13.2. The van der Waals surface area contributed by atoms with E-state index in [0.29, 0.717) is 37.4 Å². The third-order valence-electron chi connectivity index (χ3n) is 3.48. The zero-order chi connectivity index (χ0) is 28.3. The van der Waals surface area contributed by atoms with Gasteiger partial charge < -0.3 is 21.7 Å². The highest BCUT2D eigenvalue weighted by molar-refractivity contribution is 5.65. The second-order valence-corrected chi connectivity index (χ2v) is 5.79. The number of hydrogen-bond donors (Lipinski definition) is 4. The summed E-state index contributed by atoms with van der Waals surface area (Å²) < 4.78 is 0. The summed E-state index contributed by atoms with van der Waals surface area (Å²) in [6.07, 6.45) is 0. The molecule has 0 atom stereocenters. The molecule has 2 aromatic carbocycles. The molecular formula is C14H14N8O14. The molecule has 2 rings (SSSR count). The van der Waals surface area contributed by atoms with Crippen LogP contribution in [0.2, 0.25) is 0 Å². The van der Waals surface area contributed by atoms with Gasteiger partial charge in [-0.15, -0.1) is 0 Å². The Morgan fingerprint density at radius 3 is 0.806 bits per heavy atom. The molecule has 0 unspecified atom stereocenters. The van der Waals surface area contributed by atoms with E-state index in [4.69, 9.17) is 21.7 Å². The number of nitrogens with zero attached hydrogens (tertiary/aromatic N) is 6. The van der Waals surface area contributed by atoms with Crippen molar-refractivity contribution in [1.29, 1.82) is 0 Å². The number of phenols is 2. The van der Waals surface area contributed by atoms with Gasteiger partial charge >= 0.3 is 22.7 Å². The van der Waals surface area contributed by atoms with Crippen LogP contribution in [0.4, 0.5) is 34.1 Å². The molecule has 22 heteroatoms. The maximum Gasteiger partial charge on any atom is 0.324 e. The lowest BCUT2D eigenvalue weighted by molar-refractivity contribution is -0.404. The van der Waals surface area contributed by atoms with Crippen LogP contribution in [0.1, 0.15) is 0 Å². The first kappa shape index (κ1) is 30.4. The smallest absolute Gasteiger partial charge is 0.324 e. The molecule has 0 saturated heterocycles. The Bertz CT molecular complexity index is 1050. The van der Waals surface area contributed by atoms with Gasteiger partial charge in [-0.3, -0.25) is 60.7 Å². The SMILES string of the molecule is NCCN.O=[N+]([O-])c1cc([N+](=O)[O-])c(O)c([N+](=O)[O-])c1.O=[N+]([O-])c1cc([N+](=O)[O-])c(O)c([N+](=O)[O-])c1. The van der Waals surface area contributed by atoms with Gasteiger partial charge in [-0.1, -0.05) is 0 Å². The molecule has 6 N–H and O–H groups in total. The molecule has 0 amide bonds. The molecule has 22 nitrogen and oxygen atoms in total. The molecule has 0 aromatic heterocycles. The fraction of sp³-hybridized carbons (Fsp3) is 0.143. The van der Waals surface area contributed by atoms with Crippen LogP contribution in [0.25, 0.3) is 0 Å². The molecule has 0 aliphatic rings. The fourth-order valence-corrected chi connectivity index (χ4v) is 1.95. The third kappa shape index (κ3) is 8.05. The minimum absolute atomic E-state index is 0.447. The van der Waals surface area contributed by atoms with Crippen LogP contribution >= 0.6 is 0 Å². The van der Waals surface area contributed by atoms with Gasteiger partial charge in [0.2, 0.25) is 0 Å². The maximum atomic E-state index is 10.4. The van der Waals surface area contributed by atoms with Crippen LogP contribution in [-0.2, 0) is 0 Å². The van der Waals surface area contributed by atoms with Crippen LogP contribution in [0.5, 0.6) is 11.5 Å². The van der Waals surface area contributed by atoms with Crippen molar-refractivity contribution >= 4 is 34.1 Å². The van der Waals surface area contributed by atoms with E-state index in [9.17, 15) is 60.7 Å². The summed E-state index contributed by atoms with van der Waals surface area (Å²) in [4.78, 5) is 55.5. The van der Waals surface area contributed by atoms with Gasteiger partial charge in [0.25, 0.3) is 22.9 Å². The van der Waals surface area contributed by atoms with Gasteiger partial charge in [0.05, 0.1) is 53.8 Å². The van der Waals surface area contributed by atoms with Crippen LogP contribution in [0.15, 0.2) is 24.3 Å². The van der Waals surface area contributed by atoms with Crippen molar-refractivity contribution < 1.29 is 39.8 Å². The Balaban J connectivity index is 0.000000593. The maximum absolute atomic E-state index is 10.4. The first-order chi connectivity index (χ1) is 16.6. The predicted molar refractivity (Wildman–Crippen MR) is 114 cm³/mol. The summed E-state index contributed by atoms with van der Waals surface area (Å²) in [5.41, 5.74) is 3.80. The topological polar surface area (TPSA) is 351 Å². The summed E-state index contributed by atoms with van der Waals surface area (Å²) in [5.74, 6) is -2.42. The van der Waals surface area contributed by atoms with Crippen molar-refractivity contribution in [3.63, 3.8) is 0 Å². The van der Waals surface area contributed by atoms with E-state index < -0.39 is 75.2 Å². The zero-order valence-electron chi connectivity index (χ0n) is 17.4.